The minimum Gasteiger partial charge on any atom is -0.482 e. The van der Waals surface area contributed by atoms with Crippen LogP contribution < -0.4 is 4.74 Å². The summed E-state index contributed by atoms with van der Waals surface area (Å²) in [5, 5.41) is 0. The Labute approximate surface area is 182 Å². The van der Waals surface area contributed by atoms with Crippen LogP contribution in [0, 0.1) is 0 Å². The van der Waals surface area contributed by atoms with Gasteiger partial charge in [-0.15, -0.1) is 11.3 Å². The highest BCUT2D eigenvalue weighted by Gasteiger charge is 2.25. The predicted octanol–water partition coefficient (Wildman–Crippen LogP) is 4.82. The number of amides is 2. The van der Waals surface area contributed by atoms with E-state index >= 15 is 0 Å². The van der Waals surface area contributed by atoms with Gasteiger partial charge in [0.05, 0.1) is 0 Å². The Hall–Kier alpha value is -2.34. The Morgan fingerprint density at radius 3 is 2.10 bits per heavy atom. The predicted molar refractivity (Wildman–Crippen MR) is 120 cm³/mol. The minimum absolute atomic E-state index is 0.00869. The highest BCUT2D eigenvalue weighted by Crippen LogP contribution is 2.37. The fourth-order valence-electron chi connectivity index (χ4n) is 4.17. The number of carbonyl (C=O) groups excluding carboxylic acids is 2. The van der Waals surface area contributed by atoms with Crippen LogP contribution in [0.15, 0.2) is 36.4 Å². The van der Waals surface area contributed by atoms with Gasteiger partial charge in [0.1, 0.15) is 10.6 Å². The van der Waals surface area contributed by atoms with E-state index in [0.29, 0.717) is 10.6 Å². The van der Waals surface area contributed by atoms with Crippen LogP contribution in [0.25, 0.3) is 10.4 Å². The molecule has 0 bridgehead atoms. The Kier molecular flexibility index (Phi) is 7.05. The Morgan fingerprint density at radius 2 is 1.43 bits per heavy atom. The van der Waals surface area contributed by atoms with E-state index in [9.17, 15) is 9.59 Å². The van der Waals surface area contributed by atoms with Gasteiger partial charge in [-0.2, -0.15) is 0 Å². The van der Waals surface area contributed by atoms with E-state index in [1.54, 1.807) is 0 Å². The number of piperidine rings is 1. The van der Waals surface area contributed by atoms with Gasteiger partial charge in [0.2, 0.25) is 0 Å². The summed E-state index contributed by atoms with van der Waals surface area (Å²) < 4.78 is 5.97. The zero-order valence-electron chi connectivity index (χ0n) is 17.5. The van der Waals surface area contributed by atoms with Crippen LogP contribution in [0.5, 0.6) is 5.75 Å². The van der Waals surface area contributed by atoms with Crippen molar-refractivity contribution in [1.29, 1.82) is 0 Å². The van der Waals surface area contributed by atoms with Crippen LogP contribution in [-0.2, 0) is 4.79 Å². The maximum Gasteiger partial charge on any atom is 0.267 e. The highest BCUT2D eigenvalue weighted by atomic mass is 32.1. The molecule has 2 amide bonds. The number of hydrogen-bond donors (Lipinski definition) is 0. The molecule has 30 heavy (non-hydrogen) atoms. The standard InChI is InChI=1S/C24H30N2O3S/c27-22(25-13-9-4-10-14-25)18-29-20-17-21(19-11-5-3-6-12-19)30-23(20)24(28)26-15-7-1-2-8-16-26/h3,5-6,11-12,17H,1-2,4,7-10,13-16,18H2. The van der Waals surface area contributed by atoms with Gasteiger partial charge < -0.3 is 14.5 Å². The van der Waals surface area contributed by atoms with Crippen molar-refractivity contribution >= 4 is 23.2 Å². The van der Waals surface area contributed by atoms with E-state index in [2.05, 4.69) is 0 Å². The number of nitrogens with zero attached hydrogens (tertiary/aromatic N) is 2. The number of carbonyl (C=O) groups is 2. The number of benzene rings is 1. The van der Waals surface area contributed by atoms with E-state index in [-0.39, 0.29) is 18.4 Å². The van der Waals surface area contributed by atoms with Gasteiger partial charge in [-0.25, -0.2) is 0 Å². The van der Waals surface area contributed by atoms with Crippen LogP contribution in [0.3, 0.4) is 0 Å². The SMILES string of the molecule is O=C(COc1cc(-c2ccccc2)sc1C(=O)N1CCCCCC1)N1CCCCC1. The third kappa shape index (κ3) is 5.04. The van der Waals surface area contributed by atoms with Crippen LogP contribution in [0.2, 0.25) is 0 Å². The molecule has 4 rings (SSSR count). The van der Waals surface area contributed by atoms with Crippen LogP contribution in [0.1, 0.15) is 54.6 Å². The molecular weight excluding hydrogens is 396 g/mol. The van der Waals surface area contributed by atoms with Crippen molar-refractivity contribution < 1.29 is 14.3 Å². The Bertz CT molecular complexity index is 851. The molecule has 1 aromatic carbocycles. The molecule has 0 unspecified atom stereocenters. The molecule has 0 saturated carbocycles. The summed E-state index contributed by atoms with van der Waals surface area (Å²) >= 11 is 1.47. The summed E-state index contributed by atoms with van der Waals surface area (Å²) in [5.74, 6) is 0.582. The molecule has 2 aromatic rings. The molecule has 0 spiro atoms. The number of likely N-dealkylation sites (tertiary alicyclic amines) is 2. The molecule has 3 heterocycles. The van der Waals surface area contributed by atoms with Crippen molar-refractivity contribution in [1.82, 2.24) is 9.80 Å². The topological polar surface area (TPSA) is 49.9 Å². The highest BCUT2D eigenvalue weighted by molar-refractivity contribution is 7.17. The lowest BCUT2D eigenvalue weighted by Crippen LogP contribution is -2.38. The average Bonchev–Trinajstić information content (AvgIpc) is 3.03. The lowest BCUT2D eigenvalue weighted by Gasteiger charge is -2.26. The number of ether oxygens (including phenoxy) is 1. The van der Waals surface area contributed by atoms with Gasteiger partial charge in [0, 0.05) is 31.1 Å². The summed E-state index contributed by atoms with van der Waals surface area (Å²) in [6.07, 6.45) is 7.75. The second-order valence-electron chi connectivity index (χ2n) is 8.11. The van der Waals surface area contributed by atoms with Gasteiger partial charge in [0.15, 0.2) is 6.61 Å². The van der Waals surface area contributed by atoms with Crippen molar-refractivity contribution in [3.05, 3.63) is 41.3 Å². The zero-order valence-corrected chi connectivity index (χ0v) is 18.3. The molecule has 2 aliphatic rings. The van der Waals surface area contributed by atoms with E-state index in [0.717, 1.165) is 62.3 Å². The summed E-state index contributed by atoms with van der Waals surface area (Å²) in [7, 11) is 0. The number of thiophene rings is 1. The van der Waals surface area contributed by atoms with E-state index in [1.807, 2.05) is 46.2 Å². The molecule has 1 aromatic heterocycles. The minimum atomic E-state index is -0.00869. The summed E-state index contributed by atoms with van der Waals surface area (Å²) in [6.45, 7) is 3.19. The van der Waals surface area contributed by atoms with Gasteiger partial charge in [-0.1, -0.05) is 43.2 Å². The van der Waals surface area contributed by atoms with Crippen LogP contribution >= 0.6 is 11.3 Å². The average molecular weight is 427 g/mol. The van der Waals surface area contributed by atoms with E-state index < -0.39 is 0 Å². The third-order valence-electron chi connectivity index (χ3n) is 5.90. The van der Waals surface area contributed by atoms with Crippen molar-refractivity contribution in [3.63, 3.8) is 0 Å². The first-order chi connectivity index (χ1) is 14.7. The fraction of sp³-hybridized carbons (Fsp3) is 0.500. The van der Waals surface area contributed by atoms with Gasteiger partial charge in [-0.05, 0) is 43.7 Å². The van der Waals surface area contributed by atoms with Crippen molar-refractivity contribution in [3.8, 4) is 16.2 Å². The smallest absolute Gasteiger partial charge is 0.267 e. The van der Waals surface area contributed by atoms with Crippen molar-refractivity contribution in [2.45, 2.75) is 44.9 Å². The first-order valence-electron chi connectivity index (χ1n) is 11.1. The lowest BCUT2D eigenvalue weighted by atomic mass is 10.1. The molecule has 0 aliphatic carbocycles. The normalized spacial score (nSPS) is 17.5. The first kappa shape index (κ1) is 20.9. The molecule has 0 N–H and O–H groups in total. The summed E-state index contributed by atoms with van der Waals surface area (Å²) in [4.78, 5) is 31.3. The number of hydrogen-bond acceptors (Lipinski definition) is 4. The largest absolute Gasteiger partial charge is 0.482 e. The van der Waals surface area contributed by atoms with E-state index in [4.69, 9.17) is 4.74 Å². The molecule has 0 atom stereocenters. The Morgan fingerprint density at radius 1 is 0.833 bits per heavy atom. The first-order valence-corrected chi connectivity index (χ1v) is 11.9. The zero-order chi connectivity index (χ0) is 20.8. The van der Waals surface area contributed by atoms with Gasteiger partial charge >= 0.3 is 0 Å². The monoisotopic (exact) mass is 426 g/mol. The maximum atomic E-state index is 13.3. The fourth-order valence-corrected chi connectivity index (χ4v) is 5.24. The molecule has 2 fully saturated rings. The summed E-state index contributed by atoms with van der Waals surface area (Å²) in [5.41, 5.74) is 1.06. The Balaban J connectivity index is 1.54. The molecule has 160 valence electrons. The van der Waals surface area contributed by atoms with Crippen LogP contribution in [-0.4, -0.2) is 54.4 Å². The van der Waals surface area contributed by atoms with E-state index in [1.165, 1.54) is 30.6 Å². The maximum absolute atomic E-state index is 13.3. The molecule has 2 aliphatic heterocycles. The molecule has 5 nitrogen and oxygen atoms in total. The van der Waals surface area contributed by atoms with Gasteiger partial charge in [0.25, 0.3) is 11.8 Å². The second kappa shape index (κ2) is 10.1. The molecular formula is C24H30N2O3S. The summed E-state index contributed by atoms with van der Waals surface area (Å²) in [6, 6.07) is 12.0. The van der Waals surface area contributed by atoms with Crippen LogP contribution in [0.4, 0.5) is 0 Å². The molecule has 6 heteroatoms. The van der Waals surface area contributed by atoms with Crippen molar-refractivity contribution in [2.24, 2.45) is 0 Å². The molecule has 0 radical (unpaired) electrons. The van der Waals surface area contributed by atoms with Crippen molar-refractivity contribution in [2.75, 3.05) is 32.8 Å². The number of rotatable bonds is 5. The lowest BCUT2D eigenvalue weighted by molar-refractivity contribution is -0.134. The molecule has 2 saturated heterocycles. The quantitative estimate of drug-likeness (QED) is 0.689. The second-order valence-corrected chi connectivity index (χ2v) is 9.16. The third-order valence-corrected chi connectivity index (χ3v) is 7.06. The van der Waals surface area contributed by atoms with Gasteiger partial charge in [-0.3, -0.25) is 9.59 Å².